The second kappa shape index (κ2) is 9.14. The summed E-state index contributed by atoms with van der Waals surface area (Å²) in [5.41, 5.74) is 3.22. The van der Waals surface area contributed by atoms with Crippen molar-refractivity contribution >= 4 is 22.7 Å². The number of fused-ring (bicyclic) bond motifs is 1. The fraction of sp³-hybridized carbons (Fsp3) is 0.172. The van der Waals surface area contributed by atoms with Gasteiger partial charge in [-0.2, -0.15) is 0 Å². The van der Waals surface area contributed by atoms with Crippen LogP contribution in [0.25, 0.3) is 11.0 Å². The molecule has 6 nitrogen and oxygen atoms in total. The normalized spacial score (nSPS) is 15.8. The first-order chi connectivity index (χ1) is 17.0. The summed E-state index contributed by atoms with van der Waals surface area (Å²) in [5, 5.41) is 11.6. The van der Waals surface area contributed by atoms with Crippen LogP contribution >= 0.6 is 0 Å². The topological polar surface area (TPSA) is 80.0 Å². The van der Waals surface area contributed by atoms with Crippen LogP contribution in [0.5, 0.6) is 5.75 Å². The van der Waals surface area contributed by atoms with Gasteiger partial charge in [-0.15, -0.1) is 0 Å². The number of aryl methyl sites for hydroxylation is 1. The number of furan rings is 1. The highest BCUT2D eigenvalue weighted by atomic mass is 16.5. The minimum atomic E-state index is -0.753. The highest BCUT2D eigenvalue weighted by molar-refractivity contribution is 6.16. The minimum Gasteiger partial charge on any atom is -0.503 e. The first-order valence-electron chi connectivity index (χ1n) is 11.5. The summed E-state index contributed by atoms with van der Waals surface area (Å²) in [7, 11) is 1.53. The molecule has 0 fully saturated rings. The highest BCUT2D eigenvalue weighted by Crippen LogP contribution is 2.41. The lowest BCUT2D eigenvalue weighted by Gasteiger charge is -2.27. The molecule has 3 aromatic carbocycles. The summed E-state index contributed by atoms with van der Waals surface area (Å²) >= 11 is 0. The van der Waals surface area contributed by atoms with Crippen molar-refractivity contribution in [3.05, 3.63) is 113 Å². The Labute approximate surface area is 203 Å². The molecule has 1 aliphatic heterocycles. The minimum absolute atomic E-state index is 0.00759. The summed E-state index contributed by atoms with van der Waals surface area (Å²) < 4.78 is 11.2. The Kier molecular flexibility index (Phi) is 5.87. The highest BCUT2D eigenvalue weighted by Gasteiger charge is 2.44. The van der Waals surface area contributed by atoms with Gasteiger partial charge in [0.05, 0.1) is 18.7 Å². The molecule has 0 spiro atoms. The van der Waals surface area contributed by atoms with Crippen molar-refractivity contribution in [3.63, 3.8) is 0 Å². The number of ketones is 1. The van der Waals surface area contributed by atoms with Gasteiger partial charge in [-0.25, -0.2) is 0 Å². The smallest absolute Gasteiger partial charge is 0.290 e. The number of methoxy groups -OCH3 is 1. The van der Waals surface area contributed by atoms with E-state index in [1.807, 2.05) is 60.7 Å². The maximum Gasteiger partial charge on any atom is 0.290 e. The first kappa shape index (κ1) is 22.5. The first-order valence-corrected chi connectivity index (χ1v) is 11.5. The molecule has 6 heteroatoms. The third kappa shape index (κ3) is 3.97. The van der Waals surface area contributed by atoms with Crippen LogP contribution in [0.1, 0.15) is 40.2 Å². The molecule has 2 heterocycles. The van der Waals surface area contributed by atoms with Gasteiger partial charge in [0.2, 0.25) is 5.78 Å². The zero-order valence-electron chi connectivity index (χ0n) is 19.5. The molecule has 1 N–H and O–H groups in total. The van der Waals surface area contributed by atoms with E-state index in [0.717, 1.165) is 23.1 Å². The summed E-state index contributed by atoms with van der Waals surface area (Å²) in [5.74, 6) is -1.14. The van der Waals surface area contributed by atoms with E-state index in [1.54, 1.807) is 18.2 Å². The number of aliphatic hydroxyl groups excluding tert-OH is 1. The molecule has 0 radical (unpaired) electrons. The molecule has 1 aromatic heterocycles. The Bertz CT molecular complexity index is 1430. The van der Waals surface area contributed by atoms with E-state index >= 15 is 0 Å². The predicted octanol–water partition coefficient (Wildman–Crippen LogP) is 5.78. The van der Waals surface area contributed by atoms with Crippen molar-refractivity contribution in [1.29, 1.82) is 0 Å². The molecule has 1 amide bonds. The summed E-state index contributed by atoms with van der Waals surface area (Å²) in [6.07, 6.45) is 0.866. The number of hydrogen-bond acceptors (Lipinski definition) is 5. The van der Waals surface area contributed by atoms with Crippen LogP contribution in [0.4, 0.5) is 0 Å². The van der Waals surface area contributed by atoms with Crippen LogP contribution in [0.3, 0.4) is 0 Å². The van der Waals surface area contributed by atoms with Gasteiger partial charge in [-0.1, -0.05) is 73.7 Å². The number of rotatable bonds is 7. The van der Waals surface area contributed by atoms with E-state index in [2.05, 4.69) is 6.92 Å². The second-order valence-electron chi connectivity index (χ2n) is 8.50. The Morgan fingerprint density at radius 2 is 1.74 bits per heavy atom. The number of Topliss-reactive ketones (excluding diaryl/α,β-unsaturated/α-hetero) is 1. The van der Waals surface area contributed by atoms with Crippen LogP contribution in [-0.4, -0.2) is 28.8 Å². The molecule has 0 saturated carbocycles. The van der Waals surface area contributed by atoms with Gasteiger partial charge < -0.3 is 19.2 Å². The van der Waals surface area contributed by atoms with Crippen molar-refractivity contribution in [1.82, 2.24) is 4.90 Å². The van der Waals surface area contributed by atoms with Crippen LogP contribution in [-0.2, 0) is 17.8 Å². The number of para-hydroxylation sites is 1. The van der Waals surface area contributed by atoms with Crippen LogP contribution in [0.15, 0.2) is 94.6 Å². The number of benzene rings is 3. The van der Waals surface area contributed by atoms with Crippen molar-refractivity contribution in [3.8, 4) is 5.75 Å². The molecule has 0 bridgehead atoms. The van der Waals surface area contributed by atoms with Crippen LogP contribution in [0.2, 0.25) is 0 Å². The van der Waals surface area contributed by atoms with Gasteiger partial charge in [0.1, 0.15) is 0 Å². The predicted molar refractivity (Wildman–Crippen MR) is 132 cm³/mol. The summed E-state index contributed by atoms with van der Waals surface area (Å²) in [6, 6.07) is 23.5. The largest absolute Gasteiger partial charge is 0.503 e. The number of aliphatic hydroxyl groups is 1. The zero-order valence-corrected chi connectivity index (χ0v) is 19.5. The Morgan fingerprint density at radius 1 is 1.00 bits per heavy atom. The number of carbonyl (C=O) groups excluding carboxylic acids is 2. The van der Waals surface area contributed by atoms with Crippen LogP contribution in [0, 0.1) is 0 Å². The lowest BCUT2D eigenvalue weighted by molar-refractivity contribution is -0.130. The number of amides is 1. The van der Waals surface area contributed by atoms with Gasteiger partial charge in [0, 0.05) is 11.9 Å². The van der Waals surface area contributed by atoms with E-state index < -0.39 is 23.5 Å². The number of nitrogens with zero attached hydrogens (tertiary/aromatic N) is 1. The summed E-state index contributed by atoms with van der Waals surface area (Å²) in [4.78, 5) is 28.5. The maximum atomic E-state index is 13.7. The van der Waals surface area contributed by atoms with E-state index in [1.165, 1.54) is 12.0 Å². The fourth-order valence-electron chi connectivity index (χ4n) is 4.55. The molecule has 1 unspecified atom stereocenters. The standard InChI is InChI=1S/C29H25NO5/c1-3-18-12-14-20(15-13-18)25-24(27(32)29(33)30(25)17-19-8-5-4-6-9-19)26(31)23-16-21-10-7-11-22(34-2)28(21)35-23/h4-16,25,32H,3,17H2,1-2H3. The van der Waals surface area contributed by atoms with E-state index in [4.69, 9.17) is 9.15 Å². The van der Waals surface area contributed by atoms with Crippen molar-refractivity contribution < 1.29 is 23.8 Å². The van der Waals surface area contributed by atoms with E-state index in [0.29, 0.717) is 16.7 Å². The van der Waals surface area contributed by atoms with E-state index in [-0.39, 0.29) is 17.9 Å². The third-order valence-electron chi connectivity index (χ3n) is 6.40. The average molecular weight is 468 g/mol. The molecule has 1 aliphatic rings. The lowest BCUT2D eigenvalue weighted by Crippen LogP contribution is -2.30. The van der Waals surface area contributed by atoms with Gasteiger partial charge in [-0.3, -0.25) is 9.59 Å². The quantitative estimate of drug-likeness (QED) is 0.349. The molecule has 35 heavy (non-hydrogen) atoms. The third-order valence-corrected chi connectivity index (χ3v) is 6.40. The van der Waals surface area contributed by atoms with Gasteiger partial charge in [0.15, 0.2) is 22.9 Å². The molecular formula is C29H25NO5. The van der Waals surface area contributed by atoms with Crippen molar-refractivity contribution in [2.45, 2.75) is 25.9 Å². The van der Waals surface area contributed by atoms with Gasteiger partial charge >= 0.3 is 0 Å². The molecule has 0 saturated heterocycles. The van der Waals surface area contributed by atoms with Crippen LogP contribution < -0.4 is 4.74 Å². The summed E-state index contributed by atoms with van der Waals surface area (Å²) in [6.45, 7) is 2.31. The Hall–Kier alpha value is -4.32. The Balaban J connectivity index is 1.60. The fourth-order valence-corrected chi connectivity index (χ4v) is 4.55. The average Bonchev–Trinajstić information content (AvgIpc) is 3.44. The molecule has 176 valence electrons. The monoisotopic (exact) mass is 467 g/mol. The number of hydrogen-bond donors (Lipinski definition) is 1. The maximum absolute atomic E-state index is 13.7. The second-order valence-corrected chi connectivity index (χ2v) is 8.50. The molecule has 0 aliphatic carbocycles. The lowest BCUT2D eigenvalue weighted by atomic mass is 9.94. The SMILES string of the molecule is CCc1ccc(C2C(C(=O)c3cc4cccc(OC)c4o3)=C(O)C(=O)N2Cc2ccccc2)cc1. The number of carbonyl (C=O) groups is 2. The van der Waals surface area contributed by atoms with Gasteiger partial charge in [-0.05, 0) is 35.2 Å². The van der Waals surface area contributed by atoms with E-state index in [9.17, 15) is 14.7 Å². The molecule has 5 rings (SSSR count). The zero-order chi connectivity index (χ0) is 24.5. The van der Waals surface area contributed by atoms with Crippen molar-refractivity contribution in [2.75, 3.05) is 7.11 Å². The molecule has 4 aromatic rings. The van der Waals surface area contributed by atoms with Gasteiger partial charge in [0.25, 0.3) is 5.91 Å². The molecule has 1 atom stereocenters. The number of ether oxygens (including phenoxy) is 1. The molecular weight excluding hydrogens is 442 g/mol. The Morgan fingerprint density at radius 3 is 2.43 bits per heavy atom. The van der Waals surface area contributed by atoms with Crippen molar-refractivity contribution in [2.24, 2.45) is 0 Å².